The molecule has 1 aliphatic heterocycles. The van der Waals surface area contributed by atoms with Gasteiger partial charge in [-0.05, 0) is 18.3 Å². The molecule has 0 aliphatic carbocycles. The van der Waals surface area contributed by atoms with Crippen LogP contribution in [-0.2, 0) is 9.53 Å². The molecule has 0 aromatic rings. The van der Waals surface area contributed by atoms with E-state index in [1.165, 1.54) is 0 Å². The number of hydrogen-bond acceptors (Lipinski definition) is 2. The number of amides is 1. The molecule has 1 fully saturated rings. The molecular formula is C10H19NO2. The quantitative estimate of drug-likeness (QED) is 0.660. The van der Waals surface area contributed by atoms with Crippen molar-refractivity contribution < 1.29 is 9.53 Å². The standard InChI is InChI=1S/C10H19NO2/c1-8(2)9-4-5-11(6-9)10(12)7-13-3/h8-9H,4-7H2,1-3H3. The highest BCUT2D eigenvalue weighted by atomic mass is 16.5. The molecule has 3 heteroatoms. The fraction of sp³-hybridized carbons (Fsp3) is 0.900. The molecule has 1 amide bonds. The average Bonchev–Trinajstić information content (AvgIpc) is 2.52. The lowest BCUT2D eigenvalue weighted by Crippen LogP contribution is -2.32. The van der Waals surface area contributed by atoms with Crippen molar-refractivity contribution in [2.24, 2.45) is 11.8 Å². The van der Waals surface area contributed by atoms with Gasteiger partial charge in [0.2, 0.25) is 5.91 Å². The number of rotatable bonds is 3. The molecule has 76 valence electrons. The van der Waals surface area contributed by atoms with E-state index in [2.05, 4.69) is 13.8 Å². The van der Waals surface area contributed by atoms with Gasteiger partial charge in [0.05, 0.1) is 0 Å². The van der Waals surface area contributed by atoms with E-state index >= 15 is 0 Å². The lowest BCUT2D eigenvalue weighted by atomic mass is 9.95. The van der Waals surface area contributed by atoms with Crippen LogP contribution in [0.4, 0.5) is 0 Å². The largest absolute Gasteiger partial charge is 0.375 e. The number of carbonyl (C=O) groups is 1. The molecule has 0 aromatic heterocycles. The lowest BCUT2D eigenvalue weighted by Gasteiger charge is -2.17. The predicted molar refractivity (Wildman–Crippen MR) is 51.4 cm³/mol. The van der Waals surface area contributed by atoms with E-state index in [0.29, 0.717) is 11.8 Å². The van der Waals surface area contributed by atoms with E-state index in [1.807, 2.05) is 4.90 Å². The molecule has 1 heterocycles. The van der Waals surface area contributed by atoms with Gasteiger partial charge in [0.15, 0.2) is 0 Å². The molecule has 0 saturated carbocycles. The summed E-state index contributed by atoms with van der Waals surface area (Å²) in [4.78, 5) is 13.3. The predicted octanol–water partition coefficient (Wildman–Crippen LogP) is 1.14. The summed E-state index contributed by atoms with van der Waals surface area (Å²) in [5, 5.41) is 0. The Morgan fingerprint density at radius 2 is 2.31 bits per heavy atom. The van der Waals surface area contributed by atoms with E-state index in [4.69, 9.17) is 4.74 Å². The fourth-order valence-corrected chi connectivity index (χ4v) is 1.77. The monoisotopic (exact) mass is 185 g/mol. The van der Waals surface area contributed by atoms with Crippen molar-refractivity contribution in [1.82, 2.24) is 4.90 Å². The average molecular weight is 185 g/mol. The topological polar surface area (TPSA) is 29.5 Å². The summed E-state index contributed by atoms with van der Waals surface area (Å²) in [7, 11) is 1.56. The number of ether oxygens (including phenoxy) is 1. The Morgan fingerprint density at radius 3 is 2.77 bits per heavy atom. The van der Waals surface area contributed by atoms with Crippen LogP contribution in [0.15, 0.2) is 0 Å². The third-order valence-corrected chi connectivity index (χ3v) is 2.79. The van der Waals surface area contributed by atoms with Crippen molar-refractivity contribution in [1.29, 1.82) is 0 Å². The minimum Gasteiger partial charge on any atom is -0.375 e. The Morgan fingerprint density at radius 1 is 1.62 bits per heavy atom. The first-order chi connectivity index (χ1) is 6.15. The highest BCUT2D eigenvalue weighted by molar-refractivity contribution is 5.77. The maximum atomic E-state index is 11.4. The molecule has 1 atom stereocenters. The second-order valence-corrected chi connectivity index (χ2v) is 4.07. The number of methoxy groups -OCH3 is 1. The molecule has 1 rings (SSSR count). The van der Waals surface area contributed by atoms with E-state index < -0.39 is 0 Å². The van der Waals surface area contributed by atoms with E-state index in [-0.39, 0.29) is 12.5 Å². The zero-order valence-electron chi connectivity index (χ0n) is 8.75. The van der Waals surface area contributed by atoms with Gasteiger partial charge in [0, 0.05) is 20.2 Å². The third-order valence-electron chi connectivity index (χ3n) is 2.79. The smallest absolute Gasteiger partial charge is 0.248 e. The van der Waals surface area contributed by atoms with Crippen molar-refractivity contribution in [3.8, 4) is 0 Å². The zero-order valence-corrected chi connectivity index (χ0v) is 8.75. The van der Waals surface area contributed by atoms with Crippen LogP contribution in [0, 0.1) is 11.8 Å². The van der Waals surface area contributed by atoms with Crippen LogP contribution < -0.4 is 0 Å². The molecule has 1 unspecified atom stereocenters. The van der Waals surface area contributed by atoms with Gasteiger partial charge in [-0.2, -0.15) is 0 Å². The van der Waals surface area contributed by atoms with Crippen molar-refractivity contribution in [2.75, 3.05) is 26.8 Å². The Hall–Kier alpha value is -0.570. The van der Waals surface area contributed by atoms with Gasteiger partial charge in [0.1, 0.15) is 6.61 Å². The van der Waals surface area contributed by atoms with E-state index in [9.17, 15) is 4.79 Å². The van der Waals surface area contributed by atoms with Gasteiger partial charge in [-0.3, -0.25) is 4.79 Å². The van der Waals surface area contributed by atoms with Gasteiger partial charge < -0.3 is 9.64 Å². The highest BCUT2D eigenvalue weighted by Crippen LogP contribution is 2.23. The Kier molecular flexibility index (Phi) is 3.72. The van der Waals surface area contributed by atoms with Crippen molar-refractivity contribution in [3.63, 3.8) is 0 Å². The molecule has 1 saturated heterocycles. The summed E-state index contributed by atoms with van der Waals surface area (Å²) < 4.78 is 4.82. The first-order valence-corrected chi connectivity index (χ1v) is 4.92. The molecule has 0 bridgehead atoms. The SMILES string of the molecule is COCC(=O)N1CCC(C(C)C)C1. The van der Waals surface area contributed by atoms with Crippen molar-refractivity contribution in [2.45, 2.75) is 20.3 Å². The van der Waals surface area contributed by atoms with Crippen molar-refractivity contribution in [3.05, 3.63) is 0 Å². The highest BCUT2D eigenvalue weighted by Gasteiger charge is 2.27. The molecule has 1 aliphatic rings. The van der Waals surface area contributed by atoms with Crippen LogP contribution in [0.3, 0.4) is 0 Å². The first kappa shape index (κ1) is 10.5. The molecule has 13 heavy (non-hydrogen) atoms. The molecule has 0 N–H and O–H groups in total. The summed E-state index contributed by atoms with van der Waals surface area (Å²) >= 11 is 0. The van der Waals surface area contributed by atoms with Crippen LogP contribution in [0.5, 0.6) is 0 Å². The minimum absolute atomic E-state index is 0.130. The summed E-state index contributed by atoms with van der Waals surface area (Å²) in [6.45, 7) is 6.49. The summed E-state index contributed by atoms with van der Waals surface area (Å²) in [5.74, 6) is 1.49. The molecular weight excluding hydrogens is 166 g/mol. The van der Waals surface area contributed by atoms with E-state index in [1.54, 1.807) is 7.11 Å². The van der Waals surface area contributed by atoms with Gasteiger partial charge in [0.25, 0.3) is 0 Å². The Bertz CT molecular complexity index is 180. The number of carbonyl (C=O) groups excluding carboxylic acids is 1. The summed E-state index contributed by atoms with van der Waals surface area (Å²) in [6.07, 6.45) is 1.15. The fourth-order valence-electron chi connectivity index (χ4n) is 1.77. The van der Waals surface area contributed by atoms with Crippen LogP contribution in [0.1, 0.15) is 20.3 Å². The van der Waals surface area contributed by atoms with Crippen molar-refractivity contribution >= 4 is 5.91 Å². The Labute approximate surface area is 80.1 Å². The number of nitrogens with zero attached hydrogens (tertiary/aromatic N) is 1. The van der Waals surface area contributed by atoms with Crippen LogP contribution in [0.25, 0.3) is 0 Å². The molecule has 0 aromatic carbocycles. The third kappa shape index (κ3) is 2.69. The van der Waals surface area contributed by atoms with Crippen LogP contribution in [-0.4, -0.2) is 37.6 Å². The number of hydrogen-bond donors (Lipinski definition) is 0. The second kappa shape index (κ2) is 4.61. The molecule has 3 nitrogen and oxygen atoms in total. The second-order valence-electron chi connectivity index (χ2n) is 4.07. The summed E-state index contributed by atoms with van der Waals surface area (Å²) in [5.41, 5.74) is 0. The van der Waals surface area contributed by atoms with E-state index in [0.717, 1.165) is 19.5 Å². The van der Waals surface area contributed by atoms with Crippen LogP contribution in [0.2, 0.25) is 0 Å². The minimum atomic E-state index is 0.130. The summed E-state index contributed by atoms with van der Waals surface area (Å²) in [6, 6.07) is 0. The normalized spacial score (nSPS) is 22.8. The number of likely N-dealkylation sites (tertiary alicyclic amines) is 1. The Balaban J connectivity index is 2.36. The maximum Gasteiger partial charge on any atom is 0.248 e. The zero-order chi connectivity index (χ0) is 9.84. The van der Waals surface area contributed by atoms with Crippen LogP contribution >= 0.6 is 0 Å². The van der Waals surface area contributed by atoms with Gasteiger partial charge in [-0.1, -0.05) is 13.8 Å². The molecule has 0 radical (unpaired) electrons. The maximum absolute atomic E-state index is 11.4. The van der Waals surface area contributed by atoms with Gasteiger partial charge in [-0.25, -0.2) is 0 Å². The van der Waals surface area contributed by atoms with Gasteiger partial charge >= 0.3 is 0 Å². The lowest BCUT2D eigenvalue weighted by molar-refractivity contribution is -0.134. The first-order valence-electron chi connectivity index (χ1n) is 4.92. The van der Waals surface area contributed by atoms with Gasteiger partial charge in [-0.15, -0.1) is 0 Å². The molecule has 0 spiro atoms.